The first-order valence-electron chi connectivity index (χ1n) is 7.85. The van der Waals surface area contributed by atoms with Crippen molar-refractivity contribution in [2.24, 2.45) is 0 Å². The van der Waals surface area contributed by atoms with Crippen LogP contribution in [0.1, 0.15) is 29.3 Å². The molecule has 1 aliphatic rings. The molecule has 3 aromatic rings. The Kier molecular flexibility index (Phi) is 3.97. The Labute approximate surface area is 139 Å². The number of hydrogen-bond acceptors (Lipinski definition) is 4. The molecule has 0 spiro atoms. The summed E-state index contributed by atoms with van der Waals surface area (Å²) in [6, 6.07) is 13.0. The molecule has 0 saturated heterocycles. The van der Waals surface area contributed by atoms with Gasteiger partial charge in [0.2, 0.25) is 0 Å². The minimum absolute atomic E-state index is 0.397. The minimum atomic E-state index is 0.397. The molecule has 118 valence electrons. The van der Waals surface area contributed by atoms with E-state index in [4.69, 9.17) is 4.42 Å². The SMILES string of the molecule is Cc1ccc(-c2[nH]ncc2CN[C@@H]2CCSc3ccccc32)o1. The zero-order valence-corrected chi connectivity index (χ0v) is 13.8. The number of aromatic amines is 1. The highest BCUT2D eigenvalue weighted by molar-refractivity contribution is 7.99. The van der Waals surface area contributed by atoms with Gasteiger partial charge in [0, 0.05) is 23.0 Å². The fourth-order valence-electron chi connectivity index (χ4n) is 3.01. The maximum Gasteiger partial charge on any atom is 0.152 e. The Morgan fingerprint density at radius 2 is 2.22 bits per heavy atom. The number of thioether (sulfide) groups is 1. The van der Waals surface area contributed by atoms with E-state index >= 15 is 0 Å². The number of furan rings is 1. The van der Waals surface area contributed by atoms with Crippen molar-refractivity contribution in [3.63, 3.8) is 0 Å². The van der Waals surface area contributed by atoms with Gasteiger partial charge in [0.05, 0.1) is 6.20 Å². The van der Waals surface area contributed by atoms with Crippen LogP contribution >= 0.6 is 11.8 Å². The smallest absolute Gasteiger partial charge is 0.152 e. The van der Waals surface area contributed by atoms with Crippen LogP contribution in [0.3, 0.4) is 0 Å². The summed E-state index contributed by atoms with van der Waals surface area (Å²) in [6.07, 6.45) is 3.03. The normalized spacial score (nSPS) is 17.2. The van der Waals surface area contributed by atoms with Gasteiger partial charge in [-0.3, -0.25) is 5.10 Å². The third kappa shape index (κ3) is 2.94. The lowest BCUT2D eigenvalue weighted by Gasteiger charge is -2.26. The summed E-state index contributed by atoms with van der Waals surface area (Å²) in [5.41, 5.74) is 3.50. The van der Waals surface area contributed by atoms with Crippen LogP contribution < -0.4 is 5.32 Å². The first kappa shape index (κ1) is 14.6. The Morgan fingerprint density at radius 3 is 3.09 bits per heavy atom. The van der Waals surface area contributed by atoms with Gasteiger partial charge >= 0.3 is 0 Å². The van der Waals surface area contributed by atoms with Crippen LogP contribution in [0.15, 0.2) is 51.9 Å². The fraction of sp³-hybridized carbons (Fsp3) is 0.278. The number of aryl methyl sites for hydroxylation is 1. The average molecular weight is 325 g/mol. The van der Waals surface area contributed by atoms with Gasteiger partial charge in [-0.25, -0.2) is 0 Å². The van der Waals surface area contributed by atoms with Crippen molar-refractivity contribution in [3.05, 3.63) is 59.5 Å². The molecule has 1 atom stereocenters. The first-order valence-corrected chi connectivity index (χ1v) is 8.84. The third-order valence-corrected chi connectivity index (χ3v) is 5.32. The summed E-state index contributed by atoms with van der Waals surface area (Å²) in [4.78, 5) is 1.39. The van der Waals surface area contributed by atoms with Crippen molar-refractivity contribution in [2.45, 2.75) is 30.8 Å². The molecule has 3 heterocycles. The lowest BCUT2D eigenvalue weighted by Crippen LogP contribution is -2.24. The molecule has 0 bridgehead atoms. The van der Waals surface area contributed by atoms with E-state index in [1.54, 1.807) is 0 Å². The molecule has 23 heavy (non-hydrogen) atoms. The van der Waals surface area contributed by atoms with Crippen LogP contribution in [0, 0.1) is 6.92 Å². The van der Waals surface area contributed by atoms with Crippen molar-refractivity contribution in [1.29, 1.82) is 0 Å². The zero-order valence-electron chi connectivity index (χ0n) is 13.0. The summed E-state index contributed by atoms with van der Waals surface area (Å²) in [5, 5.41) is 10.9. The predicted octanol–water partition coefficient (Wildman–Crippen LogP) is 4.30. The van der Waals surface area contributed by atoms with E-state index in [-0.39, 0.29) is 0 Å². The molecule has 0 radical (unpaired) electrons. The zero-order chi connectivity index (χ0) is 15.6. The van der Waals surface area contributed by atoms with Gasteiger partial charge in [0.15, 0.2) is 5.76 Å². The van der Waals surface area contributed by atoms with Gasteiger partial charge in [-0.05, 0) is 42.9 Å². The highest BCUT2D eigenvalue weighted by Gasteiger charge is 2.20. The summed E-state index contributed by atoms with van der Waals surface area (Å²) in [6.45, 7) is 2.73. The summed E-state index contributed by atoms with van der Waals surface area (Å²) >= 11 is 1.95. The van der Waals surface area contributed by atoms with Crippen molar-refractivity contribution in [1.82, 2.24) is 15.5 Å². The van der Waals surface area contributed by atoms with Crippen LogP contribution in [-0.4, -0.2) is 16.0 Å². The molecule has 0 saturated carbocycles. The number of rotatable bonds is 4. The Hall–Kier alpha value is -1.98. The molecule has 0 fully saturated rings. The van der Waals surface area contributed by atoms with E-state index in [1.807, 2.05) is 37.0 Å². The fourth-order valence-corrected chi connectivity index (χ4v) is 4.14. The third-order valence-electron chi connectivity index (χ3n) is 4.20. The molecule has 2 N–H and O–H groups in total. The summed E-state index contributed by atoms with van der Waals surface area (Å²) in [7, 11) is 0. The van der Waals surface area contributed by atoms with Crippen molar-refractivity contribution in [3.8, 4) is 11.5 Å². The largest absolute Gasteiger partial charge is 0.460 e. The molecule has 2 aromatic heterocycles. The van der Waals surface area contributed by atoms with Gasteiger partial charge in [0.1, 0.15) is 11.5 Å². The summed E-state index contributed by atoms with van der Waals surface area (Å²) < 4.78 is 5.71. The van der Waals surface area contributed by atoms with Gasteiger partial charge in [-0.1, -0.05) is 18.2 Å². The van der Waals surface area contributed by atoms with Crippen LogP contribution in [-0.2, 0) is 6.54 Å². The lowest BCUT2D eigenvalue weighted by atomic mass is 10.0. The lowest BCUT2D eigenvalue weighted by molar-refractivity contribution is 0.508. The molecule has 0 aliphatic carbocycles. The number of aromatic nitrogens is 2. The van der Waals surface area contributed by atoms with E-state index in [1.165, 1.54) is 10.5 Å². The Morgan fingerprint density at radius 1 is 1.30 bits per heavy atom. The van der Waals surface area contributed by atoms with E-state index in [0.29, 0.717) is 6.04 Å². The molecule has 1 aliphatic heterocycles. The number of nitrogens with one attached hydrogen (secondary N) is 2. The summed E-state index contributed by atoms with van der Waals surface area (Å²) in [5.74, 6) is 2.91. The van der Waals surface area contributed by atoms with Gasteiger partial charge < -0.3 is 9.73 Å². The molecule has 0 amide bonds. The monoisotopic (exact) mass is 325 g/mol. The molecule has 1 aromatic carbocycles. The average Bonchev–Trinajstić information content (AvgIpc) is 3.21. The van der Waals surface area contributed by atoms with Crippen LogP contribution in [0.5, 0.6) is 0 Å². The second kappa shape index (κ2) is 6.26. The van der Waals surface area contributed by atoms with Crippen molar-refractivity contribution < 1.29 is 4.42 Å². The Balaban J connectivity index is 1.52. The number of benzene rings is 1. The molecule has 4 nitrogen and oxygen atoms in total. The second-order valence-electron chi connectivity index (χ2n) is 5.79. The highest BCUT2D eigenvalue weighted by atomic mass is 32.2. The molecular formula is C18H19N3OS. The molecule has 4 rings (SSSR count). The number of H-pyrrole nitrogens is 1. The van der Waals surface area contributed by atoms with Crippen LogP contribution in [0.2, 0.25) is 0 Å². The van der Waals surface area contributed by atoms with Gasteiger partial charge in [-0.15, -0.1) is 11.8 Å². The maximum absolute atomic E-state index is 5.71. The van der Waals surface area contributed by atoms with E-state index in [9.17, 15) is 0 Å². The predicted molar refractivity (Wildman–Crippen MR) is 92.4 cm³/mol. The van der Waals surface area contributed by atoms with E-state index in [0.717, 1.165) is 41.5 Å². The first-order chi connectivity index (χ1) is 11.3. The molecule has 0 unspecified atom stereocenters. The van der Waals surface area contributed by atoms with Crippen LogP contribution in [0.25, 0.3) is 11.5 Å². The molecule has 5 heteroatoms. The standard InChI is InChI=1S/C18H19N3OS/c1-12-6-7-16(22-12)18-13(11-20-21-18)10-19-15-8-9-23-17-5-3-2-4-14(15)17/h2-7,11,15,19H,8-10H2,1H3,(H,20,21)/t15-/m1/s1. The maximum atomic E-state index is 5.71. The van der Waals surface area contributed by atoms with Crippen LogP contribution in [0.4, 0.5) is 0 Å². The van der Waals surface area contributed by atoms with Crippen molar-refractivity contribution in [2.75, 3.05) is 5.75 Å². The van der Waals surface area contributed by atoms with E-state index < -0.39 is 0 Å². The quantitative estimate of drug-likeness (QED) is 0.751. The van der Waals surface area contributed by atoms with E-state index in [2.05, 4.69) is 39.8 Å². The minimum Gasteiger partial charge on any atom is -0.460 e. The van der Waals surface area contributed by atoms with Crippen molar-refractivity contribution >= 4 is 11.8 Å². The Bertz CT molecular complexity index is 808. The number of hydrogen-bond donors (Lipinski definition) is 2. The molecular weight excluding hydrogens is 306 g/mol. The van der Waals surface area contributed by atoms with Gasteiger partial charge in [0.25, 0.3) is 0 Å². The topological polar surface area (TPSA) is 53.9 Å². The van der Waals surface area contributed by atoms with Gasteiger partial charge in [-0.2, -0.15) is 5.10 Å². The number of fused-ring (bicyclic) bond motifs is 1. The number of nitrogens with zero attached hydrogens (tertiary/aromatic N) is 1. The highest BCUT2D eigenvalue weighted by Crippen LogP contribution is 2.36. The second-order valence-corrected chi connectivity index (χ2v) is 6.93.